The molecule has 1 fully saturated rings. The van der Waals surface area contributed by atoms with Crippen molar-refractivity contribution in [2.24, 2.45) is 0 Å². The van der Waals surface area contributed by atoms with Crippen molar-refractivity contribution in [1.82, 2.24) is 19.8 Å². The molecule has 0 unspecified atom stereocenters. The number of hydrogen-bond acceptors (Lipinski definition) is 6. The van der Waals surface area contributed by atoms with E-state index in [0.717, 1.165) is 5.56 Å². The summed E-state index contributed by atoms with van der Waals surface area (Å²) in [4.78, 5) is 48.2. The molecular weight excluding hydrogens is 447 g/mol. The molecule has 2 aromatic heterocycles. The molecule has 8 nitrogen and oxygen atoms in total. The Kier molecular flexibility index (Phi) is 6.93. The summed E-state index contributed by atoms with van der Waals surface area (Å²) in [5.41, 5.74) is 1.40. The molecular formula is C23H23FN4O4S. The van der Waals surface area contributed by atoms with Gasteiger partial charge in [0.15, 0.2) is 10.9 Å². The molecule has 3 aromatic rings. The Morgan fingerprint density at radius 1 is 1.12 bits per heavy atom. The van der Waals surface area contributed by atoms with Gasteiger partial charge in [0.05, 0.1) is 12.7 Å². The van der Waals surface area contributed by atoms with Crippen LogP contribution >= 0.6 is 11.8 Å². The van der Waals surface area contributed by atoms with Gasteiger partial charge in [0.1, 0.15) is 5.82 Å². The van der Waals surface area contributed by atoms with E-state index in [1.807, 2.05) is 0 Å². The van der Waals surface area contributed by atoms with Crippen LogP contribution in [0.4, 0.5) is 4.39 Å². The summed E-state index contributed by atoms with van der Waals surface area (Å²) in [7, 11) is 0. The Bertz CT molecular complexity index is 1190. The predicted molar refractivity (Wildman–Crippen MR) is 120 cm³/mol. The third-order valence-corrected chi connectivity index (χ3v) is 6.41. The third kappa shape index (κ3) is 5.51. The fourth-order valence-electron chi connectivity index (χ4n) is 3.57. The number of aromatic amines is 1. The molecule has 1 saturated heterocycles. The molecule has 172 valence electrons. The van der Waals surface area contributed by atoms with Crippen molar-refractivity contribution < 1.29 is 18.4 Å². The second-order valence-corrected chi connectivity index (χ2v) is 8.64. The van der Waals surface area contributed by atoms with Gasteiger partial charge in [0.2, 0.25) is 5.91 Å². The molecule has 0 spiro atoms. The highest BCUT2D eigenvalue weighted by Gasteiger charge is 2.27. The quantitative estimate of drug-likeness (QED) is 0.439. The highest BCUT2D eigenvalue weighted by atomic mass is 32.2. The Morgan fingerprint density at radius 3 is 2.45 bits per heavy atom. The van der Waals surface area contributed by atoms with Crippen LogP contribution in [-0.2, 0) is 17.0 Å². The maximum Gasteiger partial charge on any atom is 0.289 e. The minimum atomic E-state index is -0.343. The lowest BCUT2D eigenvalue weighted by atomic mass is 10.1. The first-order valence-corrected chi connectivity index (χ1v) is 11.5. The summed E-state index contributed by atoms with van der Waals surface area (Å²) in [6, 6.07) is 9.42. The summed E-state index contributed by atoms with van der Waals surface area (Å²) in [6.45, 7) is 3.29. The topological polar surface area (TPSA) is 99.5 Å². The maximum atomic E-state index is 13.0. The number of aryl methyl sites for hydroxylation is 1. The minimum Gasteiger partial charge on any atom is -0.459 e. The molecule has 0 atom stereocenters. The predicted octanol–water partition coefficient (Wildman–Crippen LogP) is 2.63. The Hall–Kier alpha value is -3.40. The lowest BCUT2D eigenvalue weighted by Crippen LogP contribution is -2.51. The van der Waals surface area contributed by atoms with E-state index in [0.29, 0.717) is 48.3 Å². The largest absolute Gasteiger partial charge is 0.459 e. The molecule has 1 aliphatic rings. The number of H-pyrrole nitrogens is 1. The van der Waals surface area contributed by atoms with E-state index in [4.69, 9.17) is 4.42 Å². The van der Waals surface area contributed by atoms with Crippen LogP contribution in [0.3, 0.4) is 0 Å². The number of aromatic nitrogens is 2. The summed E-state index contributed by atoms with van der Waals surface area (Å²) in [5.74, 6) is 0.132. The van der Waals surface area contributed by atoms with E-state index in [1.54, 1.807) is 41.0 Å². The number of benzene rings is 1. The molecule has 0 aliphatic carbocycles. The highest BCUT2D eigenvalue weighted by molar-refractivity contribution is 7.98. The Morgan fingerprint density at radius 2 is 1.82 bits per heavy atom. The lowest BCUT2D eigenvalue weighted by molar-refractivity contribution is -0.132. The first kappa shape index (κ1) is 22.8. The van der Waals surface area contributed by atoms with Crippen LogP contribution in [0.25, 0.3) is 0 Å². The van der Waals surface area contributed by atoms with Crippen molar-refractivity contribution in [3.05, 3.63) is 81.4 Å². The molecule has 1 aromatic carbocycles. The van der Waals surface area contributed by atoms with Crippen LogP contribution in [0.1, 0.15) is 27.4 Å². The summed E-state index contributed by atoms with van der Waals surface area (Å²) in [5, 5.41) is 0.447. The van der Waals surface area contributed by atoms with Gasteiger partial charge in [-0.1, -0.05) is 23.9 Å². The van der Waals surface area contributed by atoms with Crippen LogP contribution in [-0.4, -0.2) is 57.8 Å². The molecule has 3 heterocycles. The third-order valence-electron chi connectivity index (χ3n) is 5.47. The number of hydrogen-bond donors (Lipinski definition) is 1. The zero-order valence-corrected chi connectivity index (χ0v) is 18.9. The van der Waals surface area contributed by atoms with Gasteiger partial charge in [-0.15, -0.1) is 0 Å². The van der Waals surface area contributed by atoms with Crippen molar-refractivity contribution in [3.8, 4) is 0 Å². The Balaban J connectivity index is 1.33. The van der Waals surface area contributed by atoms with Gasteiger partial charge >= 0.3 is 0 Å². The highest BCUT2D eigenvalue weighted by Crippen LogP contribution is 2.19. The van der Waals surface area contributed by atoms with Gasteiger partial charge in [-0.2, -0.15) is 0 Å². The van der Waals surface area contributed by atoms with E-state index < -0.39 is 0 Å². The summed E-state index contributed by atoms with van der Waals surface area (Å²) in [6.07, 6.45) is 1.40. The standard InChI is InChI=1S/C23H23FN4O4S/c1-15-18(21(30)26-23(25-15)33-14-16-4-6-17(24)7-5-16)13-20(29)27-8-10-28(11-9-27)22(31)19-3-2-12-32-19/h2-7,12H,8-11,13-14H2,1H3,(H,25,26,30). The number of halogens is 1. The van der Waals surface area contributed by atoms with Crippen molar-refractivity contribution in [2.75, 3.05) is 26.2 Å². The number of carbonyl (C=O) groups is 2. The normalized spacial score (nSPS) is 13.9. The van der Waals surface area contributed by atoms with Crippen molar-refractivity contribution in [3.63, 3.8) is 0 Å². The fraction of sp³-hybridized carbons (Fsp3) is 0.304. The first-order chi connectivity index (χ1) is 15.9. The molecule has 0 bridgehead atoms. The maximum absolute atomic E-state index is 13.0. The zero-order valence-electron chi connectivity index (χ0n) is 18.0. The number of piperazine rings is 1. The van der Waals surface area contributed by atoms with Crippen molar-refractivity contribution in [1.29, 1.82) is 0 Å². The number of amides is 2. The number of furan rings is 1. The number of nitrogens with zero attached hydrogens (tertiary/aromatic N) is 3. The van der Waals surface area contributed by atoms with E-state index >= 15 is 0 Å². The van der Waals surface area contributed by atoms with Crippen molar-refractivity contribution in [2.45, 2.75) is 24.3 Å². The van der Waals surface area contributed by atoms with Crippen LogP contribution in [0.15, 0.2) is 57.0 Å². The smallest absolute Gasteiger partial charge is 0.289 e. The van der Waals surface area contributed by atoms with Gasteiger partial charge < -0.3 is 19.2 Å². The van der Waals surface area contributed by atoms with E-state index in [-0.39, 0.29) is 35.4 Å². The van der Waals surface area contributed by atoms with E-state index in [9.17, 15) is 18.8 Å². The monoisotopic (exact) mass is 470 g/mol. The molecule has 1 aliphatic heterocycles. The molecule has 10 heteroatoms. The van der Waals surface area contributed by atoms with Crippen LogP contribution < -0.4 is 5.56 Å². The first-order valence-electron chi connectivity index (χ1n) is 10.5. The van der Waals surface area contributed by atoms with Gasteiger partial charge in [-0.3, -0.25) is 14.4 Å². The van der Waals surface area contributed by atoms with E-state index in [2.05, 4.69) is 9.97 Å². The number of thioether (sulfide) groups is 1. The van der Waals surface area contributed by atoms with Crippen LogP contribution in [0.5, 0.6) is 0 Å². The molecule has 4 rings (SSSR count). The van der Waals surface area contributed by atoms with Crippen LogP contribution in [0, 0.1) is 12.7 Å². The molecule has 2 amide bonds. The second-order valence-electron chi connectivity index (χ2n) is 7.68. The zero-order chi connectivity index (χ0) is 23.4. The average Bonchev–Trinajstić information content (AvgIpc) is 3.35. The average molecular weight is 471 g/mol. The van der Waals surface area contributed by atoms with Crippen molar-refractivity contribution >= 4 is 23.6 Å². The summed E-state index contributed by atoms with van der Waals surface area (Å²) < 4.78 is 18.2. The van der Waals surface area contributed by atoms with Gasteiger partial charge in [0, 0.05) is 43.2 Å². The lowest BCUT2D eigenvalue weighted by Gasteiger charge is -2.34. The molecule has 1 N–H and O–H groups in total. The van der Waals surface area contributed by atoms with Crippen LogP contribution in [0.2, 0.25) is 0 Å². The van der Waals surface area contributed by atoms with Gasteiger partial charge in [-0.25, -0.2) is 9.37 Å². The summed E-state index contributed by atoms with van der Waals surface area (Å²) >= 11 is 1.34. The SMILES string of the molecule is Cc1nc(SCc2ccc(F)cc2)[nH]c(=O)c1CC(=O)N1CCN(C(=O)c2ccco2)CC1. The number of carbonyl (C=O) groups excluding carboxylic acids is 2. The van der Waals surface area contributed by atoms with E-state index in [1.165, 1.54) is 30.2 Å². The molecule has 0 saturated carbocycles. The van der Waals surface area contributed by atoms with Gasteiger partial charge in [0.25, 0.3) is 11.5 Å². The fourth-order valence-corrected chi connectivity index (χ4v) is 4.43. The molecule has 33 heavy (non-hydrogen) atoms. The number of nitrogens with one attached hydrogen (secondary N) is 1. The second kappa shape index (κ2) is 10.0. The minimum absolute atomic E-state index is 0.0524. The van der Waals surface area contributed by atoms with Gasteiger partial charge in [-0.05, 0) is 36.8 Å². The number of rotatable bonds is 6. The Labute approximate surface area is 193 Å². The molecule has 0 radical (unpaired) electrons.